The molecule has 1 atom stereocenters. The molecule has 0 fully saturated rings. The summed E-state index contributed by atoms with van der Waals surface area (Å²) in [4.78, 5) is 11.4. The van der Waals surface area contributed by atoms with E-state index in [2.05, 4.69) is 22.9 Å². The Hall–Kier alpha value is -0.540. The molecule has 1 unspecified atom stereocenters. The van der Waals surface area contributed by atoms with Crippen molar-refractivity contribution in [1.82, 2.24) is 0 Å². The van der Waals surface area contributed by atoms with Gasteiger partial charge in [-0.2, -0.15) is 0 Å². The molecule has 0 radical (unpaired) electrons. The fourth-order valence-electron chi connectivity index (χ4n) is 1.18. The van der Waals surface area contributed by atoms with Gasteiger partial charge >= 0.3 is 0 Å². The second-order valence-electron chi connectivity index (χ2n) is 3.77. The Balaban J connectivity index is 2.82. The van der Waals surface area contributed by atoms with E-state index in [1.807, 2.05) is 0 Å². The van der Waals surface area contributed by atoms with Gasteiger partial charge < -0.3 is 4.74 Å². The van der Waals surface area contributed by atoms with Crippen LogP contribution in [-0.4, -0.2) is 17.7 Å². The second-order valence-corrected chi connectivity index (χ2v) is 4.85. The number of Topliss-reactive ketones (excluding diaryl/α,β-unsaturated/α-hetero) is 1. The summed E-state index contributed by atoms with van der Waals surface area (Å²) in [5.74, 6) is 0.962. The lowest BCUT2D eigenvalue weighted by Gasteiger charge is -2.13. The molecular weight excluding hydrogens is 291 g/mol. The average Bonchev–Trinajstić information content (AvgIpc) is 2.26. The van der Waals surface area contributed by atoms with Crippen LogP contribution < -0.4 is 4.74 Å². The third kappa shape index (κ3) is 3.80. The van der Waals surface area contributed by atoms with Crippen molar-refractivity contribution in [3.05, 3.63) is 28.8 Å². The van der Waals surface area contributed by atoms with Crippen molar-refractivity contribution in [1.29, 1.82) is 0 Å². The smallest absolute Gasteiger partial charge is 0.163 e. The molecule has 0 aliphatic heterocycles. The molecule has 1 rings (SSSR count). The van der Waals surface area contributed by atoms with Crippen LogP contribution in [0.3, 0.4) is 0 Å². The third-order valence-electron chi connectivity index (χ3n) is 2.11. The number of carbonyl (C=O) groups excluding carboxylic acids is 1. The maximum Gasteiger partial charge on any atom is 0.163 e. The van der Waals surface area contributed by atoms with Crippen LogP contribution in [0.1, 0.15) is 24.2 Å². The molecule has 4 heteroatoms. The van der Waals surface area contributed by atoms with E-state index >= 15 is 0 Å². The van der Waals surface area contributed by atoms with Gasteiger partial charge in [0.25, 0.3) is 0 Å². The molecule has 0 aliphatic carbocycles. The lowest BCUT2D eigenvalue weighted by atomic mass is 10.1. The molecule has 0 N–H and O–H groups in total. The van der Waals surface area contributed by atoms with Crippen LogP contribution in [0.25, 0.3) is 0 Å². The van der Waals surface area contributed by atoms with E-state index in [1.165, 1.54) is 6.92 Å². The number of carbonyl (C=O) groups is 1. The van der Waals surface area contributed by atoms with Crippen LogP contribution in [0.5, 0.6) is 5.75 Å². The first kappa shape index (κ1) is 13.5. The molecule has 88 valence electrons. The fraction of sp³-hybridized carbons (Fsp3) is 0.417. The summed E-state index contributed by atoms with van der Waals surface area (Å²) in [6, 6.07) is 5.10. The zero-order valence-corrected chi connectivity index (χ0v) is 11.6. The van der Waals surface area contributed by atoms with Crippen molar-refractivity contribution in [2.45, 2.75) is 13.8 Å². The van der Waals surface area contributed by atoms with Crippen LogP contribution in [0, 0.1) is 5.92 Å². The van der Waals surface area contributed by atoms with Crippen molar-refractivity contribution in [3.8, 4) is 5.75 Å². The standard InChI is InChI=1S/C12H14BrClO2/c1-8(6-13)7-16-12-4-3-10(14)5-11(12)9(2)15/h3-5,8H,6-7H2,1-2H3. The highest BCUT2D eigenvalue weighted by Crippen LogP contribution is 2.24. The Labute approximate surface area is 109 Å². The Morgan fingerprint density at radius 1 is 1.56 bits per heavy atom. The molecule has 1 aromatic rings. The van der Waals surface area contributed by atoms with Crippen molar-refractivity contribution >= 4 is 33.3 Å². The molecule has 0 amide bonds. The third-order valence-corrected chi connectivity index (χ3v) is 3.45. The zero-order valence-electron chi connectivity index (χ0n) is 9.30. The van der Waals surface area contributed by atoms with Crippen molar-refractivity contribution in [3.63, 3.8) is 0 Å². The number of alkyl halides is 1. The molecule has 0 bridgehead atoms. The van der Waals surface area contributed by atoms with Gasteiger partial charge in [0.2, 0.25) is 0 Å². The van der Waals surface area contributed by atoms with Crippen molar-refractivity contribution in [2.24, 2.45) is 5.92 Å². The monoisotopic (exact) mass is 304 g/mol. The fourth-order valence-corrected chi connectivity index (χ4v) is 1.54. The summed E-state index contributed by atoms with van der Waals surface area (Å²) >= 11 is 9.21. The number of halogens is 2. The van der Waals surface area contributed by atoms with E-state index in [-0.39, 0.29) is 5.78 Å². The van der Waals surface area contributed by atoms with Gasteiger partial charge in [-0.25, -0.2) is 0 Å². The van der Waals surface area contributed by atoms with Gasteiger partial charge in [-0.1, -0.05) is 34.5 Å². The highest BCUT2D eigenvalue weighted by Gasteiger charge is 2.10. The lowest BCUT2D eigenvalue weighted by Crippen LogP contribution is -2.11. The van der Waals surface area contributed by atoms with Crippen LogP contribution in [0.15, 0.2) is 18.2 Å². The van der Waals surface area contributed by atoms with E-state index in [4.69, 9.17) is 16.3 Å². The van der Waals surface area contributed by atoms with Crippen molar-refractivity contribution < 1.29 is 9.53 Å². The summed E-state index contributed by atoms with van der Waals surface area (Å²) < 4.78 is 5.60. The molecule has 2 nitrogen and oxygen atoms in total. The molecular formula is C12H14BrClO2. The van der Waals surface area contributed by atoms with E-state index in [1.54, 1.807) is 18.2 Å². The lowest BCUT2D eigenvalue weighted by molar-refractivity contribution is 0.101. The van der Waals surface area contributed by atoms with Crippen LogP contribution in [0.4, 0.5) is 0 Å². The van der Waals surface area contributed by atoms with Gasteiger partial charge in [0.05, 0.1) is 12.2 Å². The minimum absolute atomic E-state index is 0.0380. The van der Waals surface area contributed by atoms with Gasteiger partial charge in [0.15, 0.2) is 5.78 Å². The topological polar surface area (TPSA) is 26.3 Å². The van der Waals surface area contributed by atoms with Gasteiger partial charge in [-0.15, -0.1) is 0 Å². The number of benzene rings is 1. The molecule has 0 spiro atoms. The Kier molecular flexibility index (Phi) is 5.29. The van der Waals surface area contributed by atoms with Gasteiger partial charge in [-0.3, -0.25) is 4.79 Å². The highest BCUT2D eigenvalue weighted by atomic mass is 79.9. The molecule has 1 aromatic carbocycles. The molecule has 0 aliphatic rings. The zero-order chi connectivity index (χ0) is 12.1. The highest BCUT2D eigenvalue weighted by molar-refractivity contribution is 9.09. The minimum atomic E-state index is -0.0380. The number of rotatable bonds is 5. The first-order chi connectivity index (χ1) is 7.54. The second kappa shape index (κ2) is 6.26. The SMILES string of the molecule is CC(=O)c1cc(Cl)ccc1OCC(C)CBr. The molecule has 0 heterocycles. The molecule has 0 aromatic heterocycles. The predicted octanol–water partition coefficient (Wildman–Crippen LogP) is 3.95. The van der Waals surface area contributed by atoms with E-state index < -0.39 is 0 Å². The quantitative estimate of drug-likeness (QED) is 0.608. The van der Waals surface area contributed by atoms with Gasteiger partial charge in [0, 0.05) is 10.4 Å². The normalized spacial score (nSPS) is 12.2. The van der Waals surface area contributed by atoms with Gasteiger partial charge in [0.1, 0.15) is 5.75 Å². The average molecular weight is 306 g/mol. The minimum Gasteiger partial charge on any atom is -0.493 e. The summed E-state index contributed by atoms with van der Waals surface area (Å²) in [5, 5.41) is 1.42. The van der Waals surface area contributed by atoms with E-state index in [0.29, 0.717) is 28.9 Å². The number of hydrogen-bond acceptors (Lipinski definition) is 2. The van der Waals surface area contributed by atoms with Crippen molar-refractivity contribution in [2.75, 3.05) is 11.9 Å². The van der Waals surface area contributed by atoms with E-state index in [9.17, 15) is 4.79 Å². The Bertz CT molecular complexity index is 379. The maximum atomic E-state index is 11.4. The summed E-state index contributed by atoms with van der Waals surface area (Å²) in [6.07, 6.45) is 0. The maximum absolute atomic E-state index is 11.4. The summed E-state index contributed by atoms with van der Waals surface area (Å²) in [7, 11) is 0. The largest absolute Gasteiger partial charge is 0.493 e. The van der Waals surface area contributed by atoms with Gasteiger partial charge in [-0.05, 0) is 31.0 Å². The molecule has 0 saturated heterocycles. The van der Waals surface area contributed by atoms with Crippen LogP contribution in [0.2, 0.25) is 5.02 Å². The number of ketones is 1. The number of hydrogen-bond donors (Lipinski definition) is 0. The number of ether oxygens (including phenoxy) is 1. The Morgan fingerprint density at radius 3 is 2.81 bits per heavy atom. The van der Waals surface area contributed by atoms with Crippen LogP contribution in [-0.2, 0) is 0 Å². The van der Waals surface area contributed by atoms with Crippen LogP contribution >= 0.6 is 27.5 Å². The summed E-state index contributed by atoms with van der Waals surface area (Å²) in [5.41, 5.74) is 0.536. The first-order valence-electron chi connectivity index (χ1n) is 5.04. The predicted molar refractivity (Wildman–Crippen MR) is 69.9 cm³/mol. The molecule has 16 heavy (non-hydrogen) atoms. The van der Waals surface area contributed by atoms with E-state index in [0.717, 1.165) is 5.33 Å². The Morgan fingerprint density at radius 2 is 2.25 bits per heavy atom. The molecule has 0 saturated carbocycles. The first-order valence-corrected chi connectivity index (χ1v) is 6.53. The summed E-state index contributed by atoms with van der Waals surface area (Å²) in [6.45, 7) is 4.15.